The van der Waals surface area contributed by atoms with Gasteiger partial charge in [-0.15, -0.1) is 0 Å². The maximum absolute atomic E-state index is 8.84. The molecule has 3 rings (SSSR count). The zero-order chi connectivity index (χ0) is 14.1. The second-order valence-corrected chi connectivity index (χ2v) is 6.33. The van der Waals surface area contributed by atoms with E-state index in [-0.39, 0.29) is 0 Å². The Morgan fingerprint density at radius 3 is 2.60 bits per heavy atom. The molecule has 1 saturated carbocycles. The van der Waals surface area contributed by atoms with Crippen molar-refractivity contribution in [2.24, 2.45) is 0 Å². The largest absolute Gasteiger partial charge is 0.306 e. The first-order valence-corrected chi connectivity index (χ1v) is 7.69. The third-order valence-corrected chi connectivity index (χ3v) is 4.66. The van der Waals surface area contributed by atoms with Crippen LogP contribution in [-0.2, 0) is 0 Å². The lowest BCUT2D eigenvalue weighted by molar-refractivity contribution is 0.254. The summed E-state index contributed by atoms with van der Waals surface area (Å²) in [6.07, 6.45) is 4.03. The molecular weight excluding hydrogens is 246 g/mol. The number of nitriles is 1. The number of benzene rings is 1. The molecule has 2 fully saturated rings. The van der Waals surface area contributed by atoms with E-state index in [0.717, 1.165) is 11.6 Å². The highest BCUT2D eigenvalue weighted by atomic mass is 15.3. The molecule has 1 aromatic carbocycles. The van der Waals surface area contributed by atoms with Gasteiger partial charge in [-0.05, 0) is 50.8 Å². The molecule has 1 aromatic rings. The Labute approximate surface area is 121 Å². The molecule has 1 aliphatic heterocycles. The van der Waals surface area contributed by atoms with Crippen LogP contribution in [0.15, 0.2) is 24.3 Å². The van der Waals surface area contributed by atoms with Crippen LogP contribution in [0, 0.1) is 11.3 Å². The van der Waals surface area contributed by atoms with Crippen LogP contribution < -0.4 is 5.32 Å². The average Bonchev–Trinajstić information content (AvgIpc) is 3.23. The van der Waals surface area contributed by atoms with Crippen LogP contribution in [-0.4, -0.2) is 29.6 Å². The van der Waals surface area contributed by atoms with E-state index in [2.05, 4.69) is 42.3 Å². The summed E-state index contributed by atoms with van der Waals surface area (Å²) in [5.74, 6) is 0. The molecule has 0 spiro atoms. The number of likely N-dealkylation sites (tertiary alicyclic amines) is 1. The maximum Gasteiger partial charge on any atom is 0.0991 e. The molecule has 2 aliphatic rings. The summed E-state index contributed by atoms with van der Waals surface area (Å²) in [4.78, 5) is 2.67. The van der Waals surface area contributed by atoms with Gasteiger partial charge < -0.3 is 5.32 Å². The minimum atomic E-state index is 0.346. The van der Waals surface area contributed by atoms with E-state index in [1.54, 1.807) is 0 Å². The van der Waals surface area contributed by atoms with E-state index >= 15 is 0 Å². The highest BCUT2D eigenvalue weighted by Gasteiger charge is 2.38. The Bertz CT molecular complexity index is 498. The van der Waals surface area contributed by atoms with Crippen molar-refractivity contribution in [3.05, 3.63) is 35.4 Å². The normalized spacial score (nSPS) is 28.2. The Morgan fingerprint density at radius 2 is 2.00 bits per heavy atom. The number of rotatable bonds is 4. The fourth-order valence-corrected chi connectivity index (χ4v) is 3.39. The van der Waals surface area contributed by atoms with Gasteiger partial charge in [0, 0.05) is 30.7 Å². The van der Waals surface area contributed by atoms with Crippen LogP contribution in [0.1, 0.15) is 50.3 Å². The van der Waals surface area contributed by atoms with E-state index in [9.17, 15) is 0 Å². The molecule has 20 heavy (non-hydrogen) atoms. The van der Waals surface area contributed by atoms with E-state index in [4.69, 9.17) is 5.26 Å². The van der Waals surface area contributed by atoms with Gasteiger partial charge >= 0.3 is 0 Å². The minimum absolute atomic E-state index is 0.346. The zero-order valence-electron chi connectivity index (χ0n) is 12.3. The summed E-state index contributed by atoms with van der Waals surface area (Å²) in [7, 11) is 0. The summed E-state index contributed by atoms with van der Waals surface area (Å²) < 4.78 is 0. The van der Waals surface area contributed by atoms with Gasteiger partial charge in [0.1, 0.15) is 0 Å². The van der Waals surface area contributed by atoms with Gasteiger partial charge in [0.05, 0.1) is 11.6 Å². The third kappa shape index (κ3) is 2.87. The van der Waals surface area contributed by atoms with Gasteiger partial charge in [-0.25, -0.2) is 0 Å². The minimum Gasteiger partial charge on any atom is -0.306 e. The third-order valence-electron chi connectivity index (χ3n) is 4.66. The summed E-state index contributed by atoms with van der Waals surface area (Å²) >= 11 is 0. The second kappa shape index (κ2) is 5.55. The fraction of sp³-hybridized carbons (Fsp3) is 0.588. The molecule has 0 aromatic heterocycles. The van der Waals surface area contributed by atoms with Gasteiger partial charge in [0.25, 0.3) is 0 Å². The van der Waals surface area contributed by atoms with Gasteiger partial charge in [-0.3, -0.25) is 4.90 Å². The second-order valence-electron chi connectivity index (χ2n) is 6.33. The van der Waals surface area contributed by atoms with Crippen LogP contribution in [0.4, 0.5) is 0 Å². The molecule has 1 heterocycles. The van der Waals surface area contributed by atoms with Crippen molar-refractivity contribution in [3.63, 3.8) is 0 Å². The first-order chi connectivity index (χ1) is 9.67. The van der Waals surface area contributed by atoms with Gasteiger partial charge in [0.2, 0.25) is 0 Å². The van der Waals surface area contributed by atoms with Crippen molar-refractivity contribution in [1.82, 2.24) is 10.2 Å². The van der Waals surface area contributed by atoms with Gasteiger partial charge in [-0.2, -0.15) is 5.26 Å². The summed E-state index contributed by atoms with van der Waals surface area (Å²) in [6, 6.07) is 12.6. The molecule has 3 nitrogen and oxygen atoms in total. The van der Waals surface area contributed by atoms with Crippen molar-refractivity contribution < 1.29 is 0 Å². The molecule has 0 radical (unpaired) electrons. The Kier molecular flexibility index (Phi) is 3.78. The standard InChI is InChI=1S/C17H23N3/c1-12-9-16(11-20(12)17-7-8-17)19-13(2)15-5-3-14(10-18)4-6-15/h3-6,12-13,16-17,19H,7-9,11H2,1-2H3. The number of hydrogen-bond acceptors (Lipinski definition) is 3. The van der Waals surface area contributed by atoms with E-state index < -0.39 is 0 Å². The lowest BCUT2D eigenvalue weighted by Gasteiger charge is -2.21. The van der Waals surface area contributed by atoms with Crippen LogP contribution >= 0.6 is 0 Å². The first kappa shape index (κ1) is 13.6. The molecule has 106 valence electrons. The number of hydrogen-bond donors (Lipinski definition) is 1. The Morgan fingerprint density at radius 1 is 1.30 bits per heavy atom. The van der Waals surface area contributed by atoms with E-state index in [1.807, 2.05) is 12.1 Å². The molecule has 3 heteroatoms. The Hall–Kier alpha value is -1.37. The summed E-state index contributed by atoms with van der Waals surface area (Å²) in [5.41, 5.74) is 2.00. The number of nitrogens with one attached hydrogen (secondary N) is 1. The molecule has 1 N–H and O–H groups in total. The van der Waals surface area contributed by atoms with Crippen molar-refractivity contribution in [2.45, 2.75) is 57.3 Å². The smallest absolute Gasteiger partial charge is 0.0991 e. The maximum atomic E-state index is 8.84. The molecule has 0 amide bonds. The van der Waals surface area contributed by atoms with Crippen molar-refractivity contribution in [3.8, 4) is 6.07 Å². The van der Waals surface area contributed by atoms with Crippen molar-refractivity contribution >= 4 is 0 Å². The molecule has 0 bridgehead atoms. The predicted octanol–water partition coefficient (Wildman–Crippen LogP) is 2.83. The van der Waals surface area contributed by atoms with Gasteiger partial charge in [0.15, 0.2) is 0 Å². The lowest BCUT2D eigenvalue weighted by Crippen LogP contribution is -2.35. The predicted molar refractivity (Wildman–Crippen MR) is 80.3 cm³/mol. The number of nitrogens with zero attached hydrogens (tertiary/aromatic N) is 2. The molecule has 1 aliphatic carbocycles. The highest BCUT2D eigenvalue weighted by molar-refractivity contribution is 5.32. The van der Waals surface area contributed by atoms with Crippen LogP contribution in [0.3, 0.4) is 0 Å². The fourth-order valence-electron chi connectivity index (χ4n) is 3.39. The zero-order valence-corrected chi connectivity index (χ0v) is 12.3. The monoisotopic (exact) mass is 269 g/mol. The van der Waals surface area contributed by atoms with Crippen molar-refractivity contribution in [1.29, 1.82) is 5.26 Å². The molecule has 3 atom stereocenters. The van der Waals surface area contributed by atoms with E-state index in [0.29, 0.717) is 18.1 Å². The molecular formula is C17H23N3. The molecule has 1 saturated heterocycles. The van der Waals surface area contributed by atoms with Crippen LogP contribution in [0.25, 0.3) is 0 Å². The van der Waals surface area contributed by atoms with Gasteiger partial charge in [-0.1, -0.05) is 12.1 Å². The topological polar surface area (TPSA) is 39.1 Å². The first-order valence-electron chi connectivity index (χ1n) is 7.69. The van der Waals surface area contributed by atoms with Crippen molar-refractivity contribution in [2.75, 3.05) is 6.54 Å². The summed E-state index contributed by atoms with van der Waals surface area (Å²) in [5, 5.41) is 12.6. The summed E-state index contributed by atoms with van der Waals surface area (Å²) in [6.45, 7) is 5.75. The van der Waals surface area contributed by atoms with Crippen LogP contribution in [0.2, 0.25) is 0 Å². The van der Waals surface area contributed by atoms with Crippen LogP contribution in [0.5, 0.6) is 0 Å². The molecule has 3 unspecified atom stereocenters. The highest BCUT2D eigenvalue weighted by Crippen LogP contribution is 2.33. The quantitative estimate of drug-likeness (QED) is 0.913. The average molecular weight is 269 g/mol. The van der Waals surface area contributed by atoms with E-state index in [1.165, 1.54) is 31.4 Å². The Balaban J connectivity index is 1.58. The lowest BCUT2D eigenvalue weighted by atomic mass is 10.0. The SMILES string of the molecule is CC(NC1CC(C)N(C2CC2)C1)c1ccc(C#N)cc1.